The number of aromatic nitrogens is 3. The highest BCUT2D eigenvalue weighted by atomic mass is 35.5. The molecule has 1 aliphatic rings. The Hall–Kier alpha value is -2.90. The molecule has 1 fully saturated rings. The molecule has 0 spiro atoms. The summed E-state index contributed by atoms with van der Waals surface area (Å²) in [5.74, 6) is 1.28. The maximum absolute atomic E-state index is 12.5. The van der Waals surface area contributed by atoms with Crippen LogP contribution in [0.3, 0.4) is 0 Å². The van der Waals surface area contributed by atoms with Gasteiger partial charge in [0.1, 0.15) is 18.2 Å². The van der Waals surface area contributed by atoms with E-state index in [1.807, 2.05) is 12.1 Å². The first kappa shape index (κ1) is 19.4. The van der Waals surface area contributed by atoms with Gasteiger partial charge >= 0.3 is 0 Å². The Balaban J connectivity index is 1.46. The molecule has 8 heteroatoms. The van der Waals surface area contributed by atoms with Crippen molar-refractivity contribution < 1.29 is 9.84 Å². The van der Waals surface area contributed by atoms with Crippen molar-refractivity contribution in [3.8, 4) is 11.4 Å². The molecule has 150 valence electrons. The number of pyridine rings is 3. The topological polar surface area (TPSA) is 80.5 Å². The van der Waals surface area contributed by atoms with Gasteiger partial charge in [0, 0.05) is 25.0 Å². The van der Waals surface area contributed by atoms with Gasteiger partial charge in [-0.05, 0) is 43.2 Å². The summed E-state index contributed by atoms with van der Waals surface area (Å²) in [5.41, 5.74) is 1.18. The Morgan fingerprint density at radius 2 is 2.07 bits per heavy atom. The standard InChI is InChI=1S/C21H21ClN4O3/c22-15-3-4-16(23-11-15)14-29-19-7-9-26(21(28)10-19)17-5-6-20(24-12-17)25-8-1-2-18(25)13-27/h3-7,9-12,18,27H,1-2,8,13-14H2/t18-/m1/s1. The van der Waals surface area contributed by atoms with E-state index in [0.717, 1.165) is 30.9 Å². The molecule has 7 nitrogen and oxygen atoms in total. The second-order valence-electron chi connectivity index (χ2n) is 6.87. The maximum Gasteiger partial charge on any atom is 0.258 e. The van der Waals surface area contributed by atoms with E-state index in [9.17, 15) is 9.90 Å². The van der Waals surface area contributed by atoms with Crippen LogP contribution in [-0.4, -0.2) is 38.8 Å². The van der Waals surface area contributed by atoms with Crippen molar-refractivity contribution in [2.45, 2.75) is 25.5 Å². The van der Waals surface area contributed by atoms with Crippen LogP contribution >= 0.6 is 11.6 Å². The normalized spacial score (nSPS) is 16.2. The number of aliphatic hydroxyl groups excluding tert-OH is 1. The van der Waals surface area contributed by atoms with E-state index in [4.69, 9.17) is 16.3 Å². The van der Waals surface area contributed by atoms with Crippen LogP contribution in [0.5, 0.6) is 5.75 Å². The Morgan fingerprint density at radius 3 is 2.76 bits per heavy atom. The fourth-order valence-corrected chi connectivity index (χ4v) is 3.54. The molecule has 4 heterocycles. The molecule has 0 bridgehead atoms. The van der Waals surface area contributed by atoms with Crippen LogP contribution < -0.4 is 15.2 Å². The Labute approximate surface area is 173 Å². The van der Waals surface area contributed by atoms with Crippen LogP contribution in [0.25, 0.3) is 5.69 Å². The highest BCUT2D eigenvalue weighted by Crippen LogP contribution is 2.24. The van der Waals surface area contributed by atoms with Gasteiger partial charge in [-0.3, -0.25) is 14.3 Å². The summed E-state index contributed by atoms with van der Waals surface area (Å²) in [6.45, 7) is 1.25. The summed E-state index contributed by atoms with van der Waals surface area (Å²) >= 11 is 5.82. The summed E-state index contributed by atoms with van der Waals surface area (Å²) in [6.07, 6.45) is 6.89. The van der Waals surface area contributed by atoms with Crippen LogP contribution in [0, 0.1) is 0 Å². The average molecular weight is 413 g/mol. The van der Waals surface area contributed by atoms with Gasteiger partial charge in [0.25, 0.3) is 5.56 Å². The van der Waals surface area contributed by atoms with E-state index in [1.165, 1.54) is 10.6 Å². The molecule has 0 radical (unpaired) electrons. The number of halogens is 1. The summed E-state index contributed by atoms with van der Waals surface area (Å²) < 4.78 is 7.16. The van der Waals surface area contributed by atoms with Gasteiger partial charge in [0.2, 0.25) is 0 Å². The third kappa shape index (κ3) is 4.41. The smallest absolute Gasteiger partial charge is 0.258 e. The molecule has 3 aromatic rings. The van der Waals surface area contributed by atoms with Crippen LogP contribution in [0.4, 0.5) is 5.82 Å². The minimum Gasteiger partial charge on any atom is -0.487 e. The van der Waals surface area contributed by atoms with Gasteiger partial charge in [-0.1, -0.05) is 11.6 Å². The maximum atomic E-state index is 12.5. The fraction of sp³-hybridized carbons (Fsp3) is 0.286. The third-order valence-electron chi connectivity index (χ3n) is 4.96. The zero-order valence-corrected chi connectivity index (χ0v) is 16.5. The molecular weight excluding hydrogens is 392 g/mol. The summed E-state index contributed by atoms with van der Waals surface area (Å²) in [6, 6.07) is 10.5. The second-order valence-corrected chi connectivity index (χ2v) is 7.31. The first-order chi connectivity index (χ1) is 14.1. The lowest BCUT2D eigenvalue weighted by Gasteiger charge is -2.24. The number of hydrogen-bond acceptors (Lipinski definition) is 6. The zero-order chi connectivity index (χ0) is 20.2. The lowest BCUT2D eigenvalue weighted by atomic mass is 10.2. The molecule has 0 saturated carbocycles. The molecule has 1 N–H and O–H groups in total. The van der Waals surface area contributed by atoms with Gasteiger partial charge in [-0.15, -0.1) is 0 Å². The van der Waals surface area contributed by atoms with Gasteiger partial charge in [0.15, 0.2) is 0 Å². The highest BCUT2D eigenvalue weighted by molar-refractivity contribution is 6.30. The summed E-state index contributed by atoms with van der Waals surface area (Å²) in [5, 5.41) is 10.0. The van der Waals surface area contributed by atoms with E-state index in [-0.39, 0.29) is 24.8 Å². The number of hydrogen-bond donors (Lipinski definition) is 1. The minimum absolute atomic E-state index is 0.114. The number of ether oxygens (including phenoxy) is 1. The number of aliphatic hydroxyl groups is 1. The molecule has 0 aromatic carbocycles. The molecule has 1 atom stereocenters. The predicted molar refractivity (Wildman–Crippen MR) is 111 cm³/mol. The van der Waals surface area contributed by atoms with Crippen molar-refractivity contribution in [3.05, 3.63) is 76.1 Å². The molecule has 0 aliphatic carbocycles. The van der Waals surface area contributed by atoms with Crippen LogP contribution in [-0.2, 0) is 6.61 Å². The van der Waals surface area contributed by atoms with Crippen molar-refractivity contribution in [1.82, 2.24) is 14.5 Å². The zero-order valence-electron chi connectivity index (χ0n) is 15.7. The molecule has 29 heavy (non-hydrogen) atoms. The molecule has 3 aromatic heterocycles. The van der Waals surface area contributed by atoms with Crippen molar-refractivity contribution in [3.63, 3.8) is 0 Å². The van der Waals surface area contributed by atoms with E-state index < -0.39 is 0 Å². The molecule has 1 aliphatic heterocycles. The van der Waals surface area contributed by atoms with E-state index in [0.29, 0.717) is 16.5 Å². The predicted octanol–water partition coefficient (Wildman–Crippen LogP) is 2.82. The van der Waals surface area contributed by atoms with Gasteiger partial charge < -0.3 is 14.7 Å². The second kappa shape index (κ2) is 8.63. The van der Waals surface area contributed by atoms with Gasteiger partial charge in [-0.2, -0.15) is 0 Å². The Morgan fingerprint density at radius 1 is 1.17 bits per heavy atom. The van der Waals surface area contributed by atoms with Crippen molar-refractivity contribution >= 4 is 17.4 Å². The lowest BCUT2D eigenvalue weighted by molar-refractivity contribution is 0.266. The SMILES string of the molecule is O=c1cc(OCc2ccc(Cl)cn2)ccn1-c1ccc(N2CCC[C@@H]2CO)nc1. The first-order valence-corrected chi connectivity index (χ1v) is 9.82. The number of nitrogens with zero attached hydrogens (tertiary/aromatic N) is 4. The van der Waals surface area contributed by atoms with Crippen LogP contribution in [0.2, 0.25) is 5.02 Å². The van der Waals surface area contributed by atoms with Crippen LogP contribution in [0.1, 0.15) is 18.5 Å². The van der Waals surface area contributed by atoms with E-state index in [2.05, 4.69) is 14.9 Å². The number of anilines is 1. The number of rotatable bonds is 6. The minimum atomic E-state index is -0.212. The largest absolute Gasteiger partial charge is 0.487 e. The van der Waals surface area contributed by atoms with E-state index in [1.54, 1.807) is 36.8 Å². The molecule has 0 unspecified atom stereocenters. The monoisotopic (exact) mass is 412 g/mol. The fourth-order valence-electron chi connectivity index (χ4n) is 3.43. The van der Waals surface area contributed by atoms with Crippen LogP contribution in [0.15, 0.2) is 59.8 Å². The average Bonchev–Trinajstić information content (AvgIpc) is 3.22. The summed E-state index contributed by atoms with van der Waals surface area (Å²) in [4.78, 5) is 23.3. The Kier molecular flexibility index (Phi) is 5.78. The lowest BCUT2D eigenvalue weighted by Crippen LogP contribution is -2.32. The summed E-state index contributed by atoms with van der Waals surface area (Å²) in [7, 11) is 0. The van der Waals surface area contributed by atoms with Gasteiger partial charge in [-0.25, -0.2) is 4.98 Å². The third-order valence-corrected chi connectivity index (χ3v) is 5.18. The van der Waals surface area contributed by atoms with Gasteiger partial charge in [0.05, 0.1) is 35.2 Å². The van der Waals surface area contributed by atoms with E-state index >= 15 is 0 Å². The first-order valence-electron chi connectivity index (χ1n) is 9.44. The Bertz CT molecular complexity index is 1020. The molecule has 1 saturated heterocycles. The molecule has 0 amide bonds. The van der Waals surface area contributed by atoms with Crippen molar-refractivity contribution in [1.29, 1.82) is 0 Å². The highest BCUT2D eigenvalue weighted by Gasteiger charge is 2.24. The van der Waals surface area contributed by atoms with Crippen molar-refractivity contribution in [2.24, 2.45) is 0 Å². The van der Waals surface area contributed by atoms with Crippen molar-refractivity contribution in [2.75, 3.05) is 18.1 Å². The molecule has 4 rings (SSSR count). The quantitative estimate of drug-likeness (QED) is 0.670. The molecular formula is C21H21ClN4O3.